The molecule has 0 unspecified atom stereocenters. The van der Waals surface area contributed by atoms with Crippen LogP contribution in [-0.4, -0.2) is 22.8 Å². The van der Waals surface area contributed by atoms with Gasteiger partial charge in [-0.25, -0.2) is 13.5 Å². The summed E-state index contributed by atoms with van der Waals surface area (Å²) in [5.41, 5.74) is 2.89. The number of hydrogen-bond acceptors (Lipinski definition) is 3. The molecule has 3 aliphatic carbocycles. The summed E-state index contributed by atoms with van der Waals surface area (Å²) in [4.78, 5) is 13.5. The minimum Gasteiger partial charge on any atom is -0.497 e. The minimum atomic E-state index is -0.682. The Morgan fingerprint density at radius 3 is 2.78 bits per heavy atom. The van der Waals surface area contributed by atoms with E-state index in [-0.39, 0.29) is 11.6 Å². The normalized spacial score (nSPS) is 22.0. The summed E-state index contributed by atoms with van der Waals surface area (Å²) in [6.07, 6.45) is 4.50. The predicted molar refractivity (Wildman–Crippen MR) is 114 cm³/mol. The van der Waals surface area contributed by atoms with Crippen molar-refractivity contribution in [3.8, 4) is 11.4 Å². The second kappa shape index (κ2) is 6.89. The van der Waals surface area contributed by atoms with E-state index in [4.69, 9.17) is 4.74 Å². The molecule has 3 aromatic rings. The second-order valence-electron chi connectivity index (χ2n) is 9.15. The number of methoxy groups -OCH3 is 1. The van der Waals surface area contributed by atoms with E-state index in [1.807, 2.05) is 24.3 Å². The predicted octanol–water partition coefficient (Wildman–Crippen LogP) is 4.63. The highest BCUT2D eigenvalue weighted by Gasteiger charge is 2.51. The summed E-state index contributed by atoms with van der Waals surface area (Å²) >= 11 is 0. The molecule has 164 valence electrons. The van der Waals surface area contributed by atoms with Crippen molar-refractivity contribution >= 4 is 5.91 Å². The van der Waals surface area contributed by atoms with Gasteiger partial charge < -0.3 is 10.1 Å². The third-order valence-electron chi connectivity index (χ3n) is 7.30. The van der Waals surface area contributed by atoms with Crippen molar-refractivity contribution in [3.63, 3.8) is 0 Å². The zero-order chi connectivity index (χ0) is 22.0. The number of nitrogens with zero attached hydrogens (tertiary/aromatic N) is 2. The molecule has 7 heteroatoms. The largest absolute Gasteiger partial charge is 0.497 e. The maximum Gasteiger partial charge on any atom is 0.272 e. The van der Waals surface area contributed by atoms with Crippen LogP contribution in [0, 0.1) is 17.6 Å². The van der Waals surface area contributed by atoms with E-state index in [9.17, 15) is 13.6 Å². The summed E-state index contributed by atoms with van der Waals surface area (Å²) in [5, 5.41) is 7.79. The van der Waals surface area contributed by atoms with E-state index in [0.717, 1.165) is 60.7 Å². The molecule has 1 N–H and O–H groups in total. The number of halogens is 2. The van der Waals surface area contributed by atoms with Gasteiger partial charge in [-0.2, -0.15) is 5.10 Å². The summed E-state index contributed by atoms with van der Waals surface area (Å²) in [7, 11) is 1.63. The molecule has 6 rings (SSSR count). The molecule has 0 saturated heterocycles. The number of carbonyl (C=O) groups excluding carboxylic acids is 1. The first-order chi connectivity index (χ1) is 15.5. The molecule has 0 bridgehead atoms. The lowest BCUT2D eigenvalue weighted by atomic mass is 9.71. The number of aromatic nitrogens is 2. The van der Waals surface area contributed by atoms with Crippen LogP contribution in [0.4, 0.5) is 8.78 Å². The Bertz CT molecular complexity index is 1250. The molecular formula is C25H23F2N3O2. The monoisotopic (exact) mass is 435 g/mol. The van der Waals surface area contributed by atoms with Crippen molar-refractivity contribution in [3.05, 3.63) is 76.6 Å². The molecule has 0 radical (unpaired) electrons. The van der Waals surface area contributed by atoms with Crippen LogP contribution in [0.15, 0.2) is 42.5 Å². The van der Waals surface area contributed by atoms with Crippen LogP contribution in [0.2, 0.25) is 0 Å². The van der Waals surface area contributed by atoms with Crippen molar-refractivity contribution in [1.29, 1.82) is 0 Å². The molecule has 0 spiro atoms. The Morgan fingerprint density at radius 1 is 1.22 bits per heavy atom. The summed E-state index contributed by atoms with van der Waals surface area (Å²) in [6.45, 7) is 0. The Labute approximate surface area is 184 Å². The van der Waals surface area contributed by atoms with E-state index in [1.165, 1.54) is 16.8 Å². The highest BCUT2D eigenvalue weighted by Crippen LogP contribution is 2.57. The minimum absolute atomic E-state index is 0.181. The second-order valence-corrected chi connectivity index (χ2v) is 9.15. The summed E-state index contributed by atoms with van der Waals surface area (Å²) < 4.78 is 34.9. The highest BCUT2D eigenvalue weighted by molar-refractivity contribution is 5.95. The van der Waals surface area contributed by atoms with Crippen LogP contribution < -0.4 is 10.1 Å². The first-order valence-electron chi connectivity index (χ1n) is 11.0. The first kappa shape index (κ1) is 19.5. The lowest BCUT2D eigenvalue weighted by Gasteiger charge is -2.43. The van der Waals surface area contributed by atoms with Crippen LogP contribution in [0.25, 0.3) is 5.69 Å². The van der Waals surface area contributed by atoms with Crippen molar-refractivity contribution in [1.82, 2.24) is 15.1 Å². The van der Waals surface area contributed by atoms with Crippen molar-refractivity contribution < 1.29 is 18.3 Å². The first-order valence-corrected chi connectivity index (χ1v) is 11.0. The van der Waals surface area contributed by atoms with E-state index < -0.39 is 17.2 Å². The van der Waals surface area contributed by atoms with Gasteiger partial charge in [0.05, 0.1) is 18.3 Å². The van der Waals surface area contributed by atoms with Crippen LogP contribution in [0.5, 0.6) is 5.75 Å². The Kier molecular flexibility index (Phi) is 4.19. The third-order valence-corrected chi connectivity index (χ3v) is 7.30. The number of carbonyl (C=O) groups is 1. The molecule has 0 aliphatic heterocycles. The molecular weight excluding hydrogens is 412 g/mol. The van der Waals surface area contributed by atoms with Gasteiger partial charge in [0.15, 0.2) is 11.5 Å². The Balaban J connectivity index is 1.37. The Morgan fingerprint density at radius 2 is 2.06 bits per heavy atom. The molecule has 1 aromatic heterocycles. The van der Waals surface area contributed by atoms with Gasteiger partial charge in [0.1, 0.15) is 17.3 Å². The average molecular weight is 435 g/mol. The molecule has 1 amide bonds. The average Bonchev–Trinajstić information content (AvgIpc) is 3.26. The van der Waals surface area contributed by atoms with E-state index >= 15 is 0 Å². The molecule has 32 heavy (non-hydrogen) atoms. The van der Waals surface area contributed by atoms with Crippen LogP contribution in [0.3, 0.4) is 0 Å². The van der Waals surface area contributed by atoms with Gasteiger partial charge >= 0.3 is 0 Å². The highest BCUT2D eigenvalue weighted by atomic mass is 19.1. The molecule has 2 atom stereocenters. The quantitative estimate of drug-likeness (QED) is 0.636. The number of fused-ring (bicyclic) bond motifs is 3. The zero-order valence-electron chi connectivity index (χ0n) is 17.7. The number of nitrogens with one attached hydrogen (secondary N) is 1. The standard InChI is InChI=1S/C25H23F2N3O2/c1-32-17-5-2-4-15(12-17)25(8-3-9-25)28-24(31)22-19-11-14-10-18(14)23(19)30(29-22)21-7-6-16(26)13-20(21)27/h2,4-7,12-14,18H,3,8-11H2,1H3,(H,28,31)/t14-,18-/m1/s1. The smallest absolute Gasteiger partial charge is 0.272 e. The van der Waals surface area contributed by atoms with Crippen LogP contribution >= 0.6 is 0 Å². The topological polar surface area (TPSA) is 56.1 Å². The molecule has 2 fully saturated rings. The van der Waals surface area contributed by atoms with Crippen molar-refractivity contribution in [2.45, 2.75) is 43.6 Å². The zero-order valence-corrected chi connectivity index (χ0v) is 17.7. The number of hydrogen-bond donors (Lipinski definition) is 1. The molecule has 5 nitrogen and oxygen atoms in total. The number of amides is 1. The van der Waals surface area contributed by atoms with Gasteiger partial charge in [-0.15, -0.1) is 0 Å². The fourth-order valence-corrected chi connectivity index (χ4v) is 5.35. The van der Waals surface area contributed by atoms with Crippen molar-refractivity contribution in [2.75, 3.05) is 7.11 Å². The van der Waals surface area contributed by atoms with Crippen LogP contribution in [-0.2, 0) is 12.0 Å². The van der Waals surface area contributed by atoms with Crippen molar-refractivity contribution in [2.24, 2.45) is 5.92 Å². The van der Waals surface area contributed by atoms with E-state index in [2.05, 4.69) is 10.4 Å². The molecule has 2 aromatic carbocycles. The fourth-order valence-electron chi connectivity index (χ4n) is 5.35. The number of ether oxygens (including phenoxy) is 1. The van der Waals surface area contributed by atoms with E-state index in [0.29, 0.717) is 17.5 Å². The number of rotatable bonds is 5. The Hall–Kier alpha value is -3.22. The number of benzene rings is 2. The SMILES string of the molecule is COc1cccc(C2(NC(=O)c3nn(-c4ccc(F)cc4F)c4c3C[C@H]3C[C@@H]43)CCC2)c1. The van der Waals surface area contributed by atoms with Gasteiger partial charge in [-0.1, -0.05) is 12.1 Å². The maximum atomic E-state index is 14.6. The summed E-state index contributed by atoms with van der Waals surface area (Å²) in [5.74, 6) is -0.0351. The van der Waals surface area contributed by atoms with Gasteiger partial charge in [-0.3, -0.25) is 4.79 Å². The molecule has 2 saturated carbocycles. The third kappa shape index (κ3) is 2.87. The van der Waals surface area contributed by atoms with Crippen LogP contribution in [0.1, 0.15) is 58.9 Å². The van der Waals surface area contributed by atoms with Gasteiger partial charge in [-0.05, 0) is 67.9 Å². The molecule has 3 aliphatic rings. The van der Waals surface area contributed by atoms with E-state index in [1.54, 1.807) is 7.11 Å². The fraction of sp³-hybridized carbons (Fsp3) is 0.360. The lowest BCUT2D eigenvalue weighted by molar-refractivity contribution is 0.0816. The summed E-state index contributed by atoms with van der Waals surface area (Å²) in [6, 6.07) is 11.2. The van der Waals surface area contributed by atoms with Gasteiger partial charge in [0.2, 0.25) is 0 Å². The molecule has 1 heterocycles. The van der Waals surface area contributed by atoms with Gasteiger partial charge in [0, 0.05) is 17.5 Å². The lowest BCUT2D eigenvalue weighted by Crippen LogP contribution is -2.51. The maximum absolute atomic E-state index is 14.6. The van der Waals surface area contributed by atoms with Gasteiger partial charge in [0.25, 0.3) is 5.91 Å².